The fourth-order valence-corrected chi connectivity index (χ4v) is 6.41. The van der Waals surface area contributed by atoms with E-state index < -0.39 is 10.0 Å². The predicted octanol–water partition coefficient (Wildman–Crippen LogP) is 3.28. The van der Waals surface area contributed by atoms with Crippen LogP contribution in [0.5, 0.6) is 5.75 Å². The number of aromatic nitrogens is 1. The Balaban J connectivity index is 1.37. The van der Waals surface area contributed by atoms with Crippen LogP contribution in [-0.2, 0) is 19.6 Å². The standard InChI is InChI=1S/C26H23N5O6S2/c32-25-16-37-24-8-3-18(14-22(24)29-25)23-17-38-26(31(23)27-15-20-2-1-11-36-20)28-19-4-6-21(7-5-19)39(33,34)30-9-12-35-13-10-30/h1-8,11,14-15,17H,9-10,12-13,16H2,(H,29,32). The van der Waals surface area contributed by atoms with Crippen LogP contribution < -0.4 is 14.9 Å². The zero-order valence-corrected chi connectivity index (χ0v) is 22.2. The Morgan fingerprint density at radius 1 is 1.05 bits per heavy atom. The van der Waals surface area contributed by atoms with Crippen LogP contribution in [0, 0.1) is 0 Å². The highest BCUT2D eigenvalue weighted by Gasteiger charge is 2.26. The second-order valence-corrected chi connectivity index (χ2v) is 11.4. The molecular formula is C26H23N5O6S2. The molecule has 1 amide bonds. The molecule has 13 heteroatoms. The predicted molar refractivity (Wildman–Crippen MR) is 145 cm³/mol. The molecule has 0 radical (unpaired) electrons. The van der Waals surface area contributed by atoms with Gasteiger partial charge < -0.3 is 19.2 Å². The molecule has 4 heterocycles. The normalized spacial score (nSPS) is 16.7. The minimum absolute atomic E-state index is 0.0200. The zero-order chi connectivity index (χ0) is 26.8. The Morgan fingerprint density at radius 2 is 1.87 bits per heavy atom. The van der Waals surface area contributed by atoms with Gasteiger partial charge in [-0.15, -0.1) is 11.3 Å². The number of anilines is 1. The molecule has 0 bridgehead atoms. The van der Waals surface area contributed by atoms with Gasteiger partial charge in [0.05, 0.1) is 47.7 Å². The lowest BCUT2D eigenvalue weighted by Crippen LogP contribution is -2.40. The molecule has 4 aromatic rings. The van der Waals surface area contributed by atoms with Crippen molar-refractivity contribution in [3.05, 3.63) is 76.8 Å². The highest BCUT2D eigenvalue weighted by molar-refractivity contribution is 7.89. The van der Waals surface area contributed by atoms with Crippen LogP contribution in [0.25, 0.3) is 11.3 Å². The van der Waals surface area contributed by atoms with Gasteiger partial charge in [0.1, 0.15) is 11.5 Å². The number of morpholine rings is 1. The maximum Gasteiger partial charge on any atom is 0.262 e. The van der Waals surface area contributed by atoms with E-state index in [4.69, 9.17) is 18.9 Å². The second kappa shape index (κ2) is 10.6. The van der Waals surface area contributed by atoms with Gasteiger partial charge in [-0.25, -0.2) is 18.1 Å². The summed E-state index contributed by atoms with van der Waals surface area (Å²) in [6, 6.07) is 15.5. The summed E-state index contributed by atoms with van der Waals surface area (Å²) in [5.41, 5.74) is 2.67. The van der Waals surface area contributed by atoms with Crippen LogP contribution in [-0.4, -0.2) is 62.4 Å². The van der Waals surface area contributed by atoms with Crippen molar-refractivity contribution in [2.75, 3.05) is 38.2 Å². The summed E-state index contributed by atoms with van der Waals surface area (Å²) < 4.78 is 45.2. The molecule has 2 aliphatic rings. The molecule has 6 rings (SSSR count). The Labute approximate surface area is 227 Å². The molecule has 0 unspecified atom stereocenters. The van der Waals surface area contributed by atoms with Crippen molar-refractivity contribution >= 4 is 44.9 Å². The van der Waals surface area contributed by atoms with Gasteiger partial charge in [-0.3, -0.25) is 4.79 Å². The molecule has 1 fully saturated rings. The van der Waals surface area contributed by atoms with Crippen molar-refractivity contribution in [1.82, 2.24) is 8.98 Å². The number of sulfonamides is 1. The molecule has 0 spiro atoms. The fraction of sp³-hybridized carbons (Fsp3) is 0.192. The number of benzene rings is 2. The van der Waals surface area contributed by atoms with Gasteiger partial charge in [-0.05, 0) is 54.6 Å². The topological polar surface area (TPSA) is 128 Å². The van der Waals surface area contributed by atoms with Crippen molar-refractivity contribution in [1.29, 1.82) is 0 Å². The van der Waals surface area contributed by atoms with Gasteiger partial charge in [0.2, 0.25) is 14.8 Å². The van der Waals surface area contributed by atoms with Gasteiger partial charge in [-0.1, -0.05) is 0 Å². The number of carbonyl (C=O) groups excluding carboxylic acids is 1. The van der Waals surface area contributed by atoms with E-state index in [-0.39, 0.29) is 17.4 Å². The van der Waals surface area contributed by atoms with Crippen molar-refractivity contribution in [2.24, 2.45) is 10.1 Å². The first-order valence-electron chi connectivity index (χ1n) is 12.1. The highest BCUT2D eigenvalue weighted by Crippen LogP contribution is 2.33. The van der Waals surface area contributed by atoms with Crippen molar-refractivity contribution < 1.29 is 27.1 Å². The van der Waals surface area contributed by atoms with E-state index in [9.17, 15) is 13.2 Å². The minimum atomic E-state index is -3.60. The monoisotopic (exact) mass is 565 g/mol. The average molecular weight is 566 g/mol. The quantitative estimate of drug-likeness (QED) is 0.358. The molecule has 0 aliphatic carbocycles. The first-order chi connectivity index (χ1) is 19.0. The molecule has 200 valence electrons. The van der Waals surface area contributed by atoms with Crippen LogP contribution >= 0.6 is 11.3 Å². The summed E-state index contributed by atoms with van der Waals surface area (Å²) in [5.74, 6) is 0.939. The minimum Gasteiger partial charge on any atom is -0.482 e. The van der Waals surface area contributed by atoms with E-state index in [1.165, 1.54) is 15.6 Å². The molecule has 2 aliphatic heterocycles. The Bertz CT molecular complexity index is 1700. The first-order valence-corrected chi connectivity index (χ1v) is 14.4. The van der Waals surface area contributed by atoms with Crippen LogP contribution in [0.1, 0.15) is 5.76 Å². The smallest absolute Gasteiger partial charge is 0.262 e. The Morgan fingerprint density at radius 3 is 2.64 bits per heavy atom. The number of hydrogen-bond acceptors (Lipinski definition) is 9. The van der Waals surface area contributed by atoms with E-state index in [1.54, 1.807) is 59.6 Å². The molecule has 39 heavy (non-hydrogen) atoms. The molecule has 1 N–H and O–H groups in total. The van der Waals surface area contributed by atoms with Crippen LogP contribution in [0.15, 0.2) is 85.6 Å². The van der Waals surface area contributed by atoms with Crippen LogP contribution in [0.3, 0.4) is 0 Å². The van der Waals surface area contributed by atoms with E-state index >= 15 is 0 Å². The van der Waals surface area contributed by atoms with Crippen molar-refractivity contribution in [2.45, 2.75) is 4.90 Å². The number of nitrogens with zero attached hydrogens (tertiary/aromatic N) is 4. The second-order valence-electron chi connectivity index (χ2n) is 8.65. The average Bonchev–Trinajstić information content (AvgIpc) is 3.62. The number of hydrogen-bond donors (Lipinski definition) is 1. The van der Waals surface area contributed by atoms with E-state index in [2.05, 4.69) is 10.4 Å². The molecule has 1 saturated heterocycles. The van der Waals surface area contributed by atoms with Gasteiger partial charge in [0, 0.05) is 24.0 Å². The maximum atomic E-state index is 13.0. The lowest BCUT2D eigenvalue weighted by Gasteiger charge is -2.26. The summed E-state index contributed by atoms with van der Waals surface area (Å²) in [6.45, 7) is 1.41. The summed E-state index contributed by atoms with van der Waals surface area (Å²) in [4.78, 5) is 17.3. The number of thiazole rings is 1. The molecular weight excluding hydrogens is 542 g/mol. The SMILES string of the molecule is O=C1COc2ccc(-c3csc(=Nc4ccc(S(=O)(=O)N5CCOCC5)cc4)n3N=Cc3ccco3)cc2N1. The third kappa shape index (κ3) is 5.29. The first kappa shape index (κ1) is 25.2. The number of ether oxygens (including phenoxy) is 2. The van der Waals surface area contributed by atoms with Gasteiger partial charge in [0.15, 0.2) is 6.61 Å². The van der Waals surface area contributed by atoms with E-state index in [0.29, 0.717) is 54.0 Å². The van der Waals surface area contributed by atoms with Crippen molar-refractivity contribution in [3.63, 3.8) is 0 Å². The highest BCUT2D eigenvalue weighted by atomic mass is 32.2. The zero-order valence-electron chi connectivity index (χ0n) is 20.5. The number of carbonyl (C=O) groups is 1. The largest absolute Gasteiger partial charge is 0.482 e. The number of furan rings is 1. The van der Waals surface area contributed by atoms with E-state index in [1.807, 2.05) is 17.5 Å². The fourth-order valence-electron chi connectivity index (χ4n) is 4.15. The van der Waals surface area contributed by atoms with E-state index in [0.717, 1.165) is 11.3 Å². The molecule has 0 atom stereocenters. The lowest BCUT2D eigenvalue weighted by molar-refractivity contribution is -0.118. The molecule has 2 aromatic heterocycles. The lowest BCUT2D eigenvalue weighted by atomic mass is 10.1. The number of amides is 1. The van der Waals surface area contributed by atoms with Crippen molar-refractivity contribution in [3.8, 4) is 17.0 Å². The number of rotatable bonds is 6. The summed E-state index contributed by atoms with van der Waals surface area (Å²) >= 11 is 1.37. The number of fused-ring (bicyclic) bond motifs is 1. The third-order valence-corrected chi connectivity index (χ3v) is 8.84. The number of nitrogens with one attached hydrogen (secondary N) is 1. The van der Waals surface area contributed by atoms with Gasteiger partial charge in [-0.2, -0.15) is 9.41 Å². The Hall–Kier alpha value is -4.04. The summed E-state index contributed by atoms with van der Waals surface area (Å²) in [5, 5.41) is 9.34. The third-order valence-electron chi connectivity index (χ3n) is 6.11. The van der Waals surface area contributed by atoms with Gasteiger partial charge in [0.25, 0.3) is 5.91 Å². The molecule has 2 aromatic carbocycles. The van der Waals surface area contributed by atoms with Gasteiger partial charge >= 0.3 is 0 Å². The summed E-state index contributed by atoms with van der Waals surface area (Å²) in [7, 11) is -3.60. The van der Waals surface area contributed by atoms with Crippen LogP contribution in [0.4, 0.5) is 11.4 Å². The molecule has 11 nitrogen and oxygen atoms in total. The molecule has 0 saturated carbocycles. The summed E-state index contributed by atoms with van der Waals surface area (Å²) in [6.07, 6.45) is 3.14. The van der Waals surface area contributed by atoms with Crippen LogP contribution in [0.2, 0.25) is 0 Å². The Kier molecular flexibility index (Phi) is 6.87. The maximum absolute atomic E-state index is 13.0.